The summed E-state index contributed by atoms with van der Waals surface area (Å²) in [6.45, 7) is 0. The Morgan fingerprint density at radius 2 is 1.84 bits per heavy atom. The molecule has 0 unspecified atom stereocenters. The largest absolute Gasteiger partial charge is 0.323 e. The summed E-state index contributed by atoms with van der Waals surface area (Å²) < 4.78 is 0. The summed E-state index contributed by atoms with van der Waals surface area (Å²) in [6, 6.07) is 11.5. The van der Waals surface area contributed by atoms with E-state index in [0.29, 0.717) is 11.6 Å². The molecule has 0 saturated heterocycles. The third-order valence-electron chi connectivity index (χ3n) is 4.75. The van der Waals surface area contributed by atoms with Crippen LogP contribution in [0.2, 0.25) is 0 Å². The molecule has 0 radical (unpaired) electrons. The normalized spacial score (nSPS) is 14.6. The van der Waals surface area contributed by atoms with Crippen LogP contribution >= 0.6 is 0 Å². The number of urea groups is 1. The Morgan fingerprint density at radius 1 is 1.00 bits per heavy atom. The van der Waals surface area contributed by atoms with Crippen LogP contribution < -0.4 is 10.6 Å². The Balaban J connectivity index is 1.66. The molecular formula is C20H20N4O. The molecule has 5 heteroatoms. The SMILES string of the molecule is O=C(Nc1cccnc1)Nc1cnc2ccccc2c1C1CCCC1. The van der Waals surface area contributed by atoms with Crippen LogP contribution in [0.3, 0.4) is 0 Å². The van der Waals surface area contributed by atoms with Crippen molar-refractivity contribution >= 4 is 28.3 Å². The molecule has 126 valence electrons. The molecule has 25 heavy (non-hydrogen) atoms. The van der Waals surface area contributed by atoms with Gasteiger partial charge in [0.2, 0.25) is 0 Å². The van der Waals surface area contributed by atoms with Gasteiger partial charge in [0.15, 0.2) is 0 Å². The second-order valence-corrected chi connectivity index (χ2v) is 6.40. The molecule has 1 aromatic carbocycles. The van der Waals surface area contributed by atoms with Crippen LogP contribution in [-0.4, -0.2) is 16.0 Å². The molecule has 1 aliphatic carbocycles. The zero-order valence-electron chi connectivity index (χ0n) is 13.9. The number of hydrogen-bond donors (Lipinski definition) is 2. The Bertz CT molecular complexity index is 889. The summed E-state index contributed by atoms with van der Waals surface area (Å²) in [5, 5.41) is 6.94. The molecule has 4 rings (SSSR count). The average molecular weight is 332 g/mol. The third-order valence-corrected chi connectivity index (χ3v) is 4.75. The van der Waals surface area contributed by atoms with Gasteiger partial charge in [-0.05, 0) is 42.5 Å². The lowest BCUT2D eigenvalue weighted by atomic mass is 9.93. The van der Waals surface area contributed by atoms with Gasteiger partial charge in [-0.1, -0.05) is 31.0 Å². The molecule has 1 aliphatic rings. The second-order valence-electron chi connectivity index (χ2n) is 6.40. The molecule has 0 aliphatic heterocycles. The zero-order valence-corrected chi connectivity index (χ0v) is 13.9. The molecule has 0 bridgehead atoms. The topological polar surface area (TPSA) is 66.9 Å². The molecule has 0 spiro atoms. The van der Waals surface area contributed by atoms with E-state index in [1.165, 1.54) is 18.4 Å². The molecule has 1 fully saturated rings. The molecule has 2 N–H and O–H groups in total. The lowest BCUT2D eigenvalue weighted by Crippen LogP contribution is -2.21. The zero-order chi connectivity index (χ0) is 17.1. The van der Waals surface area contributed by atoms with Crippen molar-refractivity contribution in [3.05, 3.63) is 60.6 Å². The summed E-state index contributed by atoms with van der Waals surface area (Å²) in [7, 11) is 0. The van der Waals surface area contributed by atoms with Crippen LogP contribution in [0.4, 0.5) is 16.2 Å². The number of pyridine rings is 2. The van der Waals surface area contributed by atoms with E-state index in [-0.39, 0.29) is 6.03 Å². The Hall–Kier alpha value is -2.95. The monoisotopic (exact) mass is 332 g/mol. The summed E-state index contributed by atoms with van der Waals surface area (Å²) in [5.41, 5.74) is 3.65. The number of aromatic nitrogens is 2. The maximum absolute atomic E-state index is 12.4. The van der Waals surface area contributed by atoms with Crippen molar-refractivity contribution in [3.63, 3.8) is 0 Å². The lowest BCUT2D eigenvalue weighted by molar-refractivity contribution is 0.262. The highest BCUT2D eigenvalue weighted by molar-refractivity contribution is 6.02. The Labute approximate surface area is 146 Å². The van der Waals surface area contributed by atoms with Crippen molar-refractivity contribution < 1.29 is 4.79 Å². The van der Waals surface area contributed by atoms with Crippen molar-refractivity contribution in [2.24, 2.45) is 0 Å². The Morgan fingerprint density at radius 3 is 2.64 bits per heavy atom. The minimum Gasteiger partial charge on any atom is -0.306 e. The minimum atomic E-state index is -0.274. The third kappa shape index (κ3) is 3.31. The van der Waals surface area contributed by atoms with E-state index in [9.17, 15) is 4.79 Å². The van der Waals surface area contributed by atoms with Crippen molar-refractivity contribution in [1.29, 1.82) is 0 Å². The second kappa shape index (κ2) is 6.89. The predicted molar refractivity (Wildman–Crippen MR) is 99.8 cm³/mol. The standard InChI is InChI=1S/C20H20N4O/c25-20(23-15-8-5-11-21-12-15)24-18-13-22-17-10-4-3-9-16(17)19(18)14-6-1-2-7-14/h3-5,8-14H,1-2,6-7H2,(H2,23,24,25). The minimum absolute atomic E-state index is 0.274. The molecule has 0 atom stereocenters. The molecular weight excluding hydrogens is 312 g/mol. The van der Waals surface area contributed by atoms with E-state index in [0.717, 1.165) is 29.4 Å². The maximum atomic E-state index is 12.4. The number of nitrogens with one attached hydrogen (secondary N) is 2. The van der Waals surface area contributed by atoms with Gasteiger partial charge < -0.3 is 10.6 Å². The smallest absolute Gasteiger partial charge is 0.306 e. The van der Waals surface area contributed by atoms with Crippen LogP contribution in [-0.2, 0) is 0 Å². The van der Waals surface area contributed by atoms with Crippen molar-refractivity contribution in [3.8, 4) is 0 Å². The summed E-state index contributed by atoms with van der Waals surface area (Å²) >= 11 is 0. The van der Waals surface area contributed by atoms with Crippen molar-refractivity contribution in [2.75, 3.05) is 10.6 Å². The number of amides is 2. The number of fused-ring (bicyclic) bond motifs is 1. The molecule has 2 amide bonds. The van der Waals surface area contributed by atoms with Gasteiger partial charge in [-0.3, -0.25) is 9.97 Å². The fraction of sp³-hybridized carbons (Fsp3) is 0.250. The van der Waals surface area contributed by atoms with Gasteiger partial charge in [0.05, 0.1) is 29.3 Å². The number of para-hydroxylation sites is 1. The number of nitrogens with zero attached hydrogens (tertiary/aromatic N) is 2. The van der Waals surface area contributed by atoms with Crippen molar-refractivity contribution in [2.45, 2.75) is 31.6 Å². The van der Waals surface area contributed by atoms with Crippen LogP contribution in [0.25, 0.3) is 10.9 Å². The highest BCUT2D eigenvalue weighted by Crippen LogP contribution is 2.41. The van der Waals surface area contributed by atoms with Gasteiger partial charge in [-0.15, -0.1) is 0 Å². The number of anilines is 2. The van der Waals surface area contributed by atoms with Crippen molar-refractivity contribution in [1.82, 2.24) is 9.97 Å². The van der Waals surface area contributed by atoms with E-state index >= 15 is 0 Å². The van der Waals surface area contributed by atoms with Gasteiger partial charge in [0.25, 0.3) is 0 Å². The van der Waals surface area contributed by atoms with Crippen LogP contribution in [0, 0.1) is 0 Å². The molecule has 3 aromatic rings. The number of benzene rings is 1. The predicted octanol–water partition coefficient (Wildman–Crippen LogP) is 4.93. The summed E-state index contributed by atoms with van der Waals surface area (Å²) in [4.78, 5) is 20.9. The van der Waals surface area contributed by atoms with Gasteiger partial charge >= 0.3 is 6.03 Å². The number of hydrogen-bond acceptors (Lipinski definition) is 3. The first-order valence-corrected chi connectivity index (χ1v) is 8.67. The van der Waals surface area contributed by atoms with E-state index in [1.54, 1.807) is 24.7 Å². The van der Waals surface area contributed by atoms with E-state index in [1.807, 2.05) is 24.3 Å². The fourth-order valence-corrected chi connectivity index (χ4v) is 3.64. The van der Waals surface area contributed by atoms with Crippen LogP contribution in [0.5, 0.6) is 0 Å². The molecule has 2 aromatic heterocycles. The number of carbonyl (C=O) groups excluding carboxylic acids is 1. The highest BCUT2D eigenvalue weighted by Gasteiger charge is 2.23. The highest BCUT2D eigenvalue weighted by atomic mass is 16.2. The maximum Gasteiger partial charge on any atom is 0.323 e. The van der Waals surface area contributed by atoms with Crippen LogP contribution in [0.15, 0.2) is 55.0 Å². The first-order chi connectivity index (χ1) is 12.3. The summed E-state index contributed by atoms with van der Waals surface area (Å²) in [6.07, 6.45) is 9.87. The van der Waals surface area contributed by atoms with Crippen LogP contribution in [0.1, 0.15) is 37.2 Å². The lowest BCUT2D eigenvalue weighted by Gasteiger charge is -2.18. The summed E-state index contributed by atoms with van der Waals surface area (Å²) in [5.74, 6) is 0.474. The fourth-order valence-electron chi connectivity index (χ4n) is 3.64. The first-order valence-electron chi connectivity index (χ1n) is 8.67. The van der Waals surface area contributed by atoms with Gasteiger partial charge in [0.1, 0.15) is 0 Å². The van der Waals surface area contributed by atoms with Gasteiger partial charge in [0, 0.05) is 11.6 Å². The number of carbonyl (C=O) groups is 1. The van der Waals surface area contributed by atoms with Gasteiger partial charge in [-0.2, -0.15) is 0 Å². The quantitative estimate of drug-likeness (QED) is 0.714. The van der Waals surface area contributed by atoms with E-state index in [2.05, 4.69) is 26.7 Å². The molecule has 2 heterocycles. The number of rotatable bonds is 3. The molecule has 1 saturated carbocycles. The molecule has 5 nitrogen and oxygen atoms in total. The van der Waals surface area contributed by atoms with Gasteiger partial charge in [-0.25, -0.2) is 4.79 Å². The Kier molecular flexibility index (Phi) is 4.29. The first kappa shape index (κ1) is 15.6. The van der Waals surface area contributed by atoms with E-state index in [4.69, 9.17) is 0 Å². The van der Waals surface area contributed by atoms with E-state index < -0.39 is 0 Å². The average Bonchev–Trinajstić information content (AvgIpc) is 3.16.